The van der Waals surface area contributed by atoms with Gasteiger partial charge < -0.3 is 20.7 Å². The fourth-order valence-electron chi connectivity index (χ4n) is 2.89. The van der Waals surface area contributed by atoms with Crippen LogP contribution in [0.25, 0.3) is 0 Å². The Balaban J connectivity index is 2.04. The molecule has 0 aliphatic carbocycles. The van der Waals surface area contributed by atoms with E-state index >= 15 is 0 Å². The van der Waals surface area contributed by atoms with E-state index in [0.29, 0.717) is 45.6 Å². The predicted molar refractivity (Wildman–Crippen MR) is 70.3 cm³/mol. The van der Waals surface area contributed by atoms with Gasteiger partial charge in [0.1, 0.15) is 0 Å². The van der Waals surface area contributed by atoms with Crippen LogP contribution >= 0.6 is 0 Å². The third kappa shape index (κ3) is 2.60. The van der Waals surface area contributed by atoms with E-state index in [1.807, 2.05) is 6.92 Å². The fraction of sp³-hybridized carbons (Fsp3) is 0.846. The van der Waals surface area contributed by atoms with Gasteiger partial charge in [-0.05, 0) is 26.2 Å². The van der Waals surface area contributed by atoms with E-state index in [0.717, 1.165) is 0 Å². The number of hydrogen-bond donors (Lipinski definition) is 2. The molecule has 1 atom stereocenters. The summed E-state index contributed by atoms with van der Waals surface area (Å²) in [5.41, 5.74) is 4.90. The van der Waals surface area contributed by atoms with Crippen LogP contribution in [0.2, 0.25) is 0 Å². The SMILES string of the molecule is CNC(=O)C1(C)CCN(C(=O)C2(N)CCOCC2)C1. The van der Waals surface area contributed by atoms with Crippen LogP contribution in [0, 0.1) is 5.41 Å². The summed E-state index contributed by atoms with van der Waals surface area (Å²) < 4.78 is 5.26. The van der Waals surface area contributed by atoms with Crippen molar-refractivity contribution in [1.82, 2.24) is 10.2 Å². The van der Waals surface area contributed by atoms with E-state index < -0.39 is 11.0 Å². The zero-order chi connectivity index (χ0) is 14.1. The van der Waals surface area contributed by atoms with Crippen molar-refractivity contribution in [2.75, 3.05) is 33.4 Å². The summed E-state index contributed by atoms with van der Waals surface area (Å²) in [5, 5.41) is 2.67. The Kier molecular flexibility index (Phi) is 3.82. The van der Waals surface area contributed by atoms with Crippen LogP contribution in [-0.4, -0.2) is 55.6 Å². The van der Waals surface area contributed by atoms with Crippen molar-refractivity contribution in [2.45, 2.75) is 31.7 Å². The summed E-state index contributed by atoms with van der Waals surface area (Å²) >= 11 is 0. The van der Waals surface area contributed by atoms with E-state index in [2.05, 4.69) is 5.32 Å². The van der Waals surface area contributed by atoms with Gasteiger partial charge in [-0.3, -0.25) is 9.59 Å². The quantitative estimate of drug-likeness (QED) is 0.706. The number of rotatable bonds is 2. The molecule has 2 aliphatic heterocycles. The lowest BCUT2D eigenvalue weighted by Crippen LogP contribution is -2.58. The highest BCUT2D eigenvalue weighted by molar-refractivity contribution is 5.89. The van der Waals surface area contributed by atoms with Gasteiger partial charge in [0, 0.05) is 33.4 Å². The third-order valence-corrected chi connectivity index (χ3v) is 4.35. The van der Waals surface area contributed by atoms with Gasteiger partial charge in [-0.2, -0.15) is 0 Å². The van der Waals surface area contributed by atoms with Gasteiger partial charge in [-0.25, -0.2) is 0 Å². The highest BCUT2D eigenvalue weighted by Gasteiger charge is 2.46. The minimum absolute atomic E-state index is 0.0131. The topological polar surface area (TPSA) is 84.7 Å². The van der Waals surface area contributed by atoms with Crippen LogP contribution in [0.4, 0.5) is 0 Å². The maximum absolute atomic E-state index is 12.5. The molecule has 0 aromatic rings. The number of hydrogen-bond acceptors (Lipinski definition) is 4. The summed E-state index contributed by atoms with van der Waals surface area (Å²) in [5.74, 6) is -0.0516. The Morgan fingerprint density at radius 1 is 1.26 bits per heavy atom. The first-order valence-electron chi connectivity index (χ1n) is 6.79. The Labute approximate surface area is 113 Å². The molecule has 2 amide bonds. The number of amides is 2. The van der Waals surface area contributed by atoms with Gasteiger partial charge in [-0.15, -0.1) is 0 Å². The molecule has 0 saturated carbocycles. The molecule has 19 heavy (non-hydrogen) atoms. The average molecular weight is 269 g/mol. The molecule has 2 fully saturated rings. The third-order valence-electron chi connectivity index (χ3n) is 4.35. The second-order valence-electron chi connectivity index (χ2n) is 5.89. The number of carbonyl (C=O) groups excluding carboxylic acids is 2. The summed E-state index contributed by atoms with van der Waals surface area (Å²) in [6.07, 6.45) is 1.79. The van der Waals surface area contributed by atoms with Crippen molar-refractivity contribution in [3.05, 3.63) is 0 Å². The van der Waals surface area contributed by atoms with Gasteiger partial charge in [0.25, 0.3) is 0 Å². The van der Waals surface area contributed by atoms with E-state index in [1.54, 1.807) is 11.9 Å². The standard InChI is InChI=1S/C13H23N3O3/c1-12(10(17)15-2)3-6-16(9-12)11(18)13(14)4-7-19-8-5-13/h3-9,14H2,1-2H3,(H,15,17). The van der Waals surface area contributed by atoms with Crippen LogP contribution in [0.3, 0.4) is 0 Å². The molecule has 0 bridgehead atoms. The van der Waals surface area contributed by atoms with Crippen molar-refractivity contribution in [2.24, 2.45) is 11.1 Å². The molecular weight excluding hydrogens is 246 g/mol. The summed E-state index contributed by atoms with van der Waals surface area (Å²) in [6.45, 7) is 4.01. The van der Waals surface area contributed by atoms with Gasteiger partial charge in [0.2, 0.25) is 11.8 Å². The van der Waals surface area contributed by atoms with E-state index in [4.69, 9.17) is 10.5 Å². The molecule has 2 rings (SSSR count). The first kappa shape index (κ1) is 14.3. The molecule has 2 saturated heterocycles. The molecule has 0 aromatic heterocycles. The molecule has 1 unspecified atom stereocenters. The van der Waals surface area contributed by atoms with Crippen molar-refractivity contribution in [3.63, 3.8) is 0 Å². The summed E-state index contributed by atoms with van der Waals surface area (Å²) in [4.78, 5) is 26.1. The minimum Gasteiger partial charge on any atom is -0.381 e. The molecule has 108 valence electrons. The zero-order valence-electron chi connectivity index (χ0n) is 11.7. The van der Waals surface area contributed by atoms with Crippen molar-refractivity contribution >= 4 is 11.8 Å². The number of carbonyl (C=O) groups is 2. The van der Waals surface area contributed by atoms with Crippen LogP contribution < -0.4 is 11.1 Å². The highest BCUT2D eigenvalue weighted by Crippen LogP contribution is 2.32. The van der Waals surface area contributed by atoms with Crippen molar-refractivity contribution in [3.8, 4) is 0 Å². The lowest BCUT2D eigenvalue weighted by molar-refractivity contribution is -0.140. The van der Waals surface area contributed by atoms with Crippen molar-refractivity contribution < 1.29 is 14.3 Å². The second-order valence-corrected chi connectivity index (χ2v) is 5.89. The average Bonchev–Trinajstić information content (AvgIpc) is 2.81. The van der Waals surface area contributed by atoms with Crippen LogP contribution in [-0.2, 0) is 14.3 Å². The number of likely N-dealkylation sites (tertiary alicyclic amines) is 1. The number of ether oxygens (including phenoxy) is 1. The van der Waals surface area contributed by atoms with Crippen LogP contribution in [0.1, 0.15) is 26.2 Å². The molecule has 2 aliphatic rings. The van der Waals surface area contributed by atoms with Gasteiger partial charge in [-0.1, -0.05) is 0 Å². The van der Waals surface area contributed by atoms with E-state index in [9.17, 15) is 9.59 Å². The maximum atomic E-state index is 12.5. The first-order valence-corrected chi connectivity index (χ1v) is 6.79. The minimum atomic E-state index is -0.813. The molecule has 2 heterocycles. The summed E-state index contributed by atoms with van der Waals surface area (Å²) in [6, 6.07) is 0. The largest absolute Gasteiger partial charge is 0.381 e. The molecule has 3 N–H and O–H groups in total. The fourth-order valence-corrected chi connectivity index (χ4v) is 2.89. The molecule has 6 heteroatoms. The second kappa shape index (κ2) is 5.09. The number of nitrogens with one attached hydrogen (secondary N) is 1. The van der Waals surface area contributed by atoms with Crippen LogP contribution in [0.15, 0.2) is 0 Å². The Bertz CT molecular complexity index is 379. The Morgan fingerprint density at radius 3 is 2.47 bits per heavy atom. The smallest absolute Gasteiger partial charge is 0.242 e. The molecule has 0 spiro atoms. The Morgan fingerprint density at radius 2 is 1.89 bits per heavy atom. The first-order chi connectivity index (χ1) is 8.91. The van der Waals surface area contributed by atoms with Gasteiger partial charge in [0.15, 0.2) is 0 Å². The zero-order valence-corrected chi connectivity index (χ0v) is 11.7. The number of nitrogens with two attached hydrogens (primary N) is 1. The number of nitrogens with zero attached hydrogens (tertiary/aromatic N) is 1. The van der Waals surface area contributed by atoms with E-state index in [-0.39, 0.29) is 11.8 Å². The predicted octanol–water partition coefficient (Wildman–Crippen LogP) is -0.521. The van der Waals surface area contributed by atoms with Gasteiger partial charge in [0.05, 0.1) is 11.0 Å². The van der Waals surface area contributed by atoms with Gasteiger partial charge >= 0.3 is 0 Å². The van der Waals surface area contributed by atoms with Crippen molar-refractivity contribution in [1.29, 1.82) is 0 Å². The van der Waals surface area contributed by atoms with Crippen LogP contribution in [0.5, 0.6) is 0 Å². The highest BCUT2D eigenvalue weighted by atomic mass is 16.5. The lowest BCUT2D eigenvalue weighted by atomic mass is 9.88. The lowest BCUT2D eigenvalue weighted by Gasteiger charge is -2.35. The summed E-state index contributed by atoms with van der Waals surface area (Å²) in [7, 11) is 1.63. The Hall–Kier alpha value is -1.14. The monoisotopic (exact) mass is 269 g/mol. The maximum Gasteiger partial charge on any atom is 0.242 e. The normalized spacial score (nSPS) is 30.2. The molecule has 6 nitrogen and oxygen atoms in total. The molecule has 0 radical (unpaired) electrons. The van der Waals surface area contributed by atoms with E-state index in [1.165, 1.54) is 0 Å². The molecule has 0 aromatic carbocycles. The molecular formula is C13H23N3O3.